The zero-order valence-electron chi connectivity index (χ0n) is 21.5. The molecule has 3 heterocycles. The Morgan fingerprint density at radius 1 is 1.03 bits per heavy atom. The largest absolute Gasteiger partial charge is 0.308 e. The standard InChI is InChI=1S/C28H38FN5/c1-7-26-31-25-16-20(2)21(3)30-27(25)34(26)18-23-10-8-22(9-11-23)17-24(29)19-32-12-14-33(15-13-32)28(4,5)6/h8-11,16-17H,7,12-15,18-19H2,1-6H3. The third kappa shape index (κ3) is 5.56. The molecular formula is C28H38FN5. The topological polar surface area (TPSA) is 37.2 Å². The molecule has 1 aromatic carbocycles. The molecule has 1 fully saturated rings. The highest BCUT2D eigenvalue weighted by molar-refractivity contribution is 5.73. The molecule has 0 unspecified atom stereocenters. The van der Waals surface area contributed by atoms with Crippen molar-refractivity contribution in [3.63, 3.8) is 0 Å². The Balaban J connectivity index is 1.42. The van der Waals surface area contributed by atoms with Crippen LogP contribution < -0.4 is 0 Å². The maximum Gasteiger partial charge on any atom is 0.160 e. The summed E-state index contributed by atoms with van der Waals surface area (Å²) in [5.41, 5.74) is 6.31. The maximum atomic E-state index is 14.7. The first-order chi connectivity index (χ1) is 16.1. The number of halogens is 1. The van der Waals surface area contributed by atoms with Gasteiger partial charge in [0, 0.05) is 43.8 Å². The van der Waals surface area contributed by atoms with Crippen LogP contribution >= 0.6 is 0 Å². The van der Waals surface area contributed by atoms with Crippen molar-refractivity contribution in [1.29, 1.82) is 0 Å². The third-order valence-electron chi connectivity index (χ3n) is 6.90. The second-order valence-electron chi connectivity index (χ2n) is 10.5. The van der Waals surface area contributed by atoms with Crippen LogP contribution in [0.1, 0.15) is 55.9 Å². The molecule has 0 N–H and O–H groups in total. The van der Waals surface area contributed by atoms with Gasteiger partial charge in [0.1, 0.15) is 17.2 Å². The zero-order chi connectivity index (χ0) is 24.5. The van der Waals surface area contributed by atoms with E-state index in [9.17, 15) is 4.39 Å². The van der Waals surface area contributed by atoms with Gasteiger partial charge in [-0.1, -0.05) is 31.2 Å². The van der Waals surface area contributed by atoms with Crippen LogP contribution in [0, 0.1) is 13.8 Å². The number of imidazole rings is 1. The van der Waals surface area contributed by atoms with Crippen molar-refractivity contribution in [2.24, 2.45) is 0 Å². The fourth-order valence-electron chi connectivity index (χ4n) is 4.64. The number of piperazine rings is 1. The number of pyridine rings is 1. The van der Waals surface area contributed by atoms with E-state index in [1.165, 1.54) is 0 Å². The molecule has 0 saturated carbocycles. The first kappa shape index (κ1) is 24.6. The predicted octanol–water partition coefficient (Wildman–Crippen LogP) is 5.39. The Hall–Kier alpha value is -2.57. The van der Waals surface area contributed by atoms with E-state index in [1.54, 1.807) is 6.08 Å². The lowest BCUT2D eigenvalue weighted by molar-refractivity contribution is 0.0645. The van der Waals surface area contributed by atoms with Gasteiger partial charge in [-0.25, -0.2) is 14.4 Å². The Bertz CT molecular complexity index is 1160. The highest BCUT2D eigenvalue weighted by atomic mass is 19.1. The lowest BCUT2D eigenvalue weighted by Gasteiger charge is -2.42. The molecule has 34 heavy (non-hydrogen) atoms. The molecule has 3 aromatic rings. The fraction of sp³-hybridized carbons (Fsp3) is 0.500. The van der Waals surface area contributed by atoms with E-state index in [0.717, 1.165) is 72.0 Å². The number of fused-ring (bicyclic) bond motifs is 1. The predicted molar refractivity (Wildman–Crippen MR) is 139 cm³/mol. The molecule has 5 nitrogen and oxygen atoms in total. The van der Waals surface area contributed by atoms with Gasteiger partial charge in [-0.3, -0.25) is 9.80 Å². The van der Waals surface area contributed by atoms with Crippen LogP contribution in [0.3, 0.4) is 0 Å². The van der Waals surface area contributed by atoms with Gasteiger partial charge in [-0.05, 0) is 63.5 Å². The summed E-state index contributed by atoms with van der Waals surface area (Å²) in [4.78, 5) is 14.3. The quantitative estimate of drug-likeness (QED) is 0.492. The van der Waals surface area contributed by atoms with Crippen molar-refractivity contribution in [2.45, 2.75) is 60.0 Å². The molecule has 0 bridgehead atoms. The highest BCUT2D eigenvalue weighted by Gasteiger charge is 2.26. The third-order valence-corrected chi connectivity index (χ3v) is 6.90. The molecule has 1 aliphatic rings. The maximum absolute atomic E-state index is 14.7. The average Bonchev–Trinajstić information content (AvgIpc) is 3.11. The molecule has 182 valence electrons. The lowest BCUT2D eigenvalue weighted by Crippen LogP contribution is -2.53. The normalized spacial score (nSPS) is 16.5. The second kappa shape index (κ2) is 9.96. The summed E-state index contributed by atoms with van der Waals surface area (Å²) >= 11 is 0. The summed E-state index contributed by atoms with van der Waals surface area (Å²) in [6, 6.07) is 10.3. The minimum Gasteiger partial charge on any atom is -0.308 e. The van der Waals surface area contributed by atoms with Crippen LogP contribution in [0.5, 0.6) is 0 Å². The van der Waals surface area contributed by atoms with E-state index in [4.69, 9.17) is 9.97 Å². The molecule has 2 aromatic heterocycles. The number of nitrogens with zero attached hydrogens (tertiary/aromatic N) is 5. The molecule has 0 atom stereocenters. The van der Waals surface area contributed by atoms with E-state index in [0.29, 0.717) is 13.1 Å². The second-order valence-corrected chi connectivity index (χ2v) is 10.5. The van der Waals surface area contributed by atoms with Gasteiger partial charge in [0.25, 0.3) is 0 Å². The first-order valence-corrected chi connectivity index (χ1v) is 12.4. The number of aryl methyl sites for hydroxylation is 3. The minimum atomic E-state index is -0.0825. The van der Waals surface area contributed by atoms with Gasteiger partial charge >= 0.3 is 0 Å². The van der Waals surface area contributed by atoms with E-state index in [-0.39, 0.29) is 11.4 Å². The smallest absolute Gasteiger partial charge is 0.160 e. The van der Waals surface area contributed by atoms with Gasteiger partial charge in [0.2, 0.25) is 0 Å². The summed E-state index contributed by atoms with van der Waals surface area (Å²) in [6.07, 6.45) is 2.52. The summed E-state index contributed by atoms with van der Waals surface area (Å²) in [5.74, 6) is 0.954. The molecular weight excluding hydrogens is 425 g/mol. The van der Waals surface area contributed by atoms with Crippen molar-refractivity contribution in [3.8, 4) is 0 Å². The molecule has 0 aliphatic carbocycles. The van der Waals surface area contributed by atoms with Crippen LogP contribution in [0.25, 0.3) is 17.2 Å². The lowest BCUT2D eigenvalue weighted by atomic mass is 10.0. The summed E-state index contributed by atoms with van der Waals surface area (Å²) in [7, 11) is 0. The number of hydrogen-bond acceptors (Lipinski definition) is 4. The Morgan fingerprint density at radius 3 is 2.32 bits per heavy atom. The van der Waals surface area contributed by atoms with Crippen molar-refractivity contribution < 1.29 is 4.39 Å². The Morgan fingerprint density at radius 2 is 1.71 bits per heavy atom. The van der Waals surface area contributed by atoms with Crippen LogP contribution in [-0.4, -0.2) is 62.6 Å². The minimum absolute atomic E-state index is 0.0825. The monoisotopic (exact) mass is 463 g/mol. The average molecular weight is 464 g/mol. The van der Waals surface area contributed by atoms with Crippen molar-refractivity contribution in [1.82, 2.24) is 24.3 Å². The zero-order valence-corrected chi connectivity index (χ0v) is 21.5. The summed E-state index contributed by atoms with van der Waals surface area (Å²) in [6.45, 7) is 17.8. The van der Waals surface area contributed by atoms with E-state index in [1.807, 2.05) is 19.1 Å². The summed E-state index contributed by atoms with van der Waals surface area (Å²) < 4.78 is 16.9. The SMILES string of the molecule is CCc1nc2cc(C)c(C)nc2n1Cc1ccc(C=C(F)CN2CCN(C(C)(C)C)CC2)cc1. The first-order valence-electron chi connectivity index (χ1n) is 12.4. The van der Waals surface area contributed by atoms with Crippen molar-refractivity contribution >= 4 is 17.2 Å². The van der Waals surface area contributed by atoms with Crippen LogP contribution in [0.15, 0.2) is 36.2 Å². The van der Waals surface area contributed by atoms with Gasteiger partial charge in [-0.2, -0.15) is 0 Å². The van der Waals surface area contributed by atoms with Crippen LogP contribution in [0.2, 0.25) is 0 Å². The molecule has 6 heteroatoms. The number of rotatable bonds is 6. The van der Waals surface area contributed by atoms with Crippen molar-refractivity contribution in [2.75, 3.05) is 32.7 Å². The van der Waals surface area contributed by atoms with Crippen molar-refractivity contribution in [3.05, 3.63) is 64.4 Å². The van der Waals surface area contributed by atoms with Gasteiger partial charge < -0.3 is 4.57 Å². The van der Waals surface area contributed by atoms with Gasteiger partial charge in [0.15, 0.2) is 5.65 Å². The fourth-order valence-corrected chi connectivity index (χ4v) is 4.64. The summed E-state index contributed by atoms with van der Waals surface area (Å²) in [5, 5.41) is 0. The number of benzene rings is 1. The van der Waals surface area contributed by atoms with E-state index < -0.39 is 0 Å². The molecule has 1 saturated heterocycles. The molecule has 0 spiro atoms. The number of hydrogen-bond donors (Lipinski definition) is 0. The van der Waals surface area contributed by atoms with Crippen LogP contribution in [0.4, 0.5) is 4.39 Å². The van der Waals surface area contributed by atoms with Crippen LogP contribution in [-0.2, 0) is 13.0 Å². The van der Waals surface area contributed by atoms with E-state index in [2.05, 4.69) is 67.2 Å². The van der Waals surface area contributed by atoms with Gasteiger partial charge in [0.05, 0.1) is 13.1 Å². The molecule has 1 aliphatic heterocycles. The van der Waals surface area contributed by atoms with E-state index >= 15 is 0 Å². The number of aromatic nitrogens is 3. The molecule has 4 rings (SSSR count). The van der Waals surface area contributed by atoms with Gasteiger partial charge in [-0.15, -0.1) is 0 Å². The molecule has 0 amide bonds. The Labute approximate surface area is 203 Å². The highest BCUT2D eigenvalue weighted by Crippen LogP contribution is 2.21. The molecule has 0 radical (unpaired) electrons. The Kier molecular flexibility index (Phi) is 7.20.